The Kier molecular flexibility index (Phi) is 8.86. The molecule has 1 aromatic heterocycles. The molecule has 1 aliphatic heterocycles. The largest absolute Gasteiger partial charge is 0.481 e. The van der Waals surface area contributed by atoms with Gasteiger partial charge in [0, 0.05) is 24.1 Å². The predicted molar refractivity (Wildman–Crippen MR) is 137 cm³/mol. The molecule has 0 fully saturated rings. The highest BCUT2D eigenvalue weighted by Crippen LogP contribution is 2.41. The van der Waals surface area contributed by atoms with E-state index in [1.54, 1.807) is 25.1 Å². The average molecular weight is 521 g/mol. The van der Waals surface area contributed by atoms with E-state index in [0.717, 1.165) is 5.56 Å². The third-order valence-electron chi connectivity index (χ3n) is 6.16. The first kappa shape index (κ1) is 27.8. The number of carbonyl (C=O) groups is 1. The fourth-order valence-electron chi connectivity index (χ4n) is 4.42. The molecule has 0 radical (unpaired) electrons. The van der Waals surface area contributed by atoms with Crippen molar-refractivity contribution in [2.75, 3.05) is 16.6 Å². The number of benzene rings is 1. The molecule has 0 saturated carbocycles. The SMILES string of the molecule is CCS(=O)(=O)N1CCCc2c1nc(C(C)C)c(/C=C/[C@@H](O)C[C@@H](O)CC(=O)O)c2-c1ccc(F)cc1. The molecular weight excluding hydrogens is 487 g/mol. The zero-order valence-corrected chi connectivity index (χ0v) is 21.5. The lowest BCUT2D eigenvalue weighted by atomic mass is 9.87. The van der Waals surface area contributed by atoms with Gasteiger partial charge in [0.05, 0.1) is 30.1 Å². The van der Waals surface area contributed by atoms with E-state index < -0.39 is 40.4 Å². The highest BCUT2D eigenvalue weighted by molar-refractivity contribution is 7.92. The number of hydrogen-bond acceptors (Lipinski definition) is 6. The monoisotopic (exact) mass is 520 g/mol. The Morgan fingerprint density at radius 1 is 1.22 bits per heavy atom. The number of fused-ring (bicyclic) bond motifs is 1. The van der Waals surface area contributed by atoms with Crippen LogP contribution in [0, 0.1) is 5.82 Å². The molecule has 2 aromatic rings. The van der Waals surface area contributed by atoms with E-state index in [0.29, 0.717) is 47.6 Å². The number of hydrogen-bond donors (Lipinski definition) is 3. The molecule has 0 amide bonds. The van der Waals surface area contributed by atoms with Crippen LogP contribution in [0.4, 0.5) is 10.2 Å². The molecular formula is C26H33FN2O6S. The van der Waals surface area contributed by atoms with E-state index >= 15 is 0 Å². The molecule has 0 saturated heterocycles. The minimum Gasteiger partial charge on any atom is -0.481 e. The summed E-state index contributed by atoms with van der Waals surface area (Å²) in [5.41, 5.74) is 3.41. The molecule has 196 valence electrons. The zero-order valence-electron chi connectivity index (χ0n) is 20.7. The molecule has 3 N–H and O–H groups in total. The van der Waals surface area contributed by atoms with Crippen LogP contribution in [0.25, 0.3) is 17.2 Å². The van der Waals surface area contributed by atoms with Gasteiger partial charge < -0.3 is 15.3 Å². The Balaban J connectivity index is 2.21. The van der Waals surface area contributed by atoms with Crippen LogP contribution in [-0.2, 0) is 21.2 Å². The maximum absolute atomic E-state index is 13.8. The lowest BCUT2D eigenvalue weighted by Gasteiger charge is -2.32. The van der Waals surface area contributed by atoms with Gasteiger partial charge in [-0.3, -0.25) is 9.10 Å². The number of aliphatic hydroxyl groups excluding tert-OH is 2. The van der Waals surface area contributed by atoms with Gasteiger partial charge in [-0.2, -0.15) is 0 Å². The summed E-state index contributed by atoms with van der Waals surface area (Å²) in [5, 5.41) is 29.2. The van der Waals surface area contributed by atoms with E-state index in [1.165, 1.54) is 22.5 Å². The Hall–Kier alpha value is -2.82. The van der Waals surface area contributed by atoms with Crippen molar-refractivity contribution >= 4 is 27.9 Å². The number of nitrogens with zero attached hydrogens (tertiary/aromatic N) is 2. The van der Waals surface area contributed by atoms with Crippen molar-refractivity contribution < 1.29 is 32.9 Å². The Morgan fingerprint density at radius 3 is 2.47 bits per heavy atom. The maximum Gasteiger partial charge on any atom is 0.305 e. The van der Waals surface area contributed by atoms with Crippen molar-refractivity contribution in [3.63, 3.8) is 0 Å². The Morgan fingerprint density at radius 2 is 1.89 bits per heavy atom. The second kappa shape index (κ2) is 11.5. The number of aliphatic carboxylic acids is 1. The molecule has 0 bridgehead atoms. The van der Waals surface area contributed by atoms with Gasteiger partial charge in [0.2, 0.25) is 10.0 Å². The summed E-state index contributed by atoms with van der Waals surface area (Å²) in [7, 11) is -3.57. The number of carboxylic acids is 1. The first-order chi connectivity index (χ1) is 16.9. The number of sulfonamides is 1. The lowest BCUT2D eigenvalue weighted by Crippen LogP contribution is -2.38. The number of aromatic nitrogens is 1. The van der Waals surface area contributed by atoms with Gasteiger partial charge >= 0.3 is 5.97 Å². The number of carboxylic acid groups (broad SMARTS) is 1. The van der Waals surface area contributed by atoms with Crippen LogP contribution in [0.2, 0.25) is 0 Å². The highest BCUT2D eigenvalue weighted by Gasteiger charge is 2.32. The van der Waals surface area contributed by atoms with Gasteiger partial charge in [-0.1, -0.05) is 38.1 Å². The van der Waals surface area contributed by atoms with E-state index in [1.807, 2.05) is 13.8 Å². The predicted octanol–water partition coefficient (Wildman–Crippen LogP) is 3.71. The van der Waals surface area contributed by atoms with E-state index in [-0.39, 0.29) is 18.1 Å². The average Bonchev–Trinajstić information content (AvgIpc) is 2.81. The van der Waals surface area contributed by atoms with Gasteiger partial charge in [0.1, 0.15) is 11.6 Å². The molecule has 0 aliphatic carbocycles. The normalized spacial score (nSPS) is 15.8. The van der Waals surface area contributed by atoms with Crippen LogP contribution in [-0.4, -0.2) is 59.2 Å². The number of rotatable bonds is 10. The summed E-state index contributed by atoms with van der Waals surface area (Å²) in [6.07, 6.45) is 1.34. The maximum atomic E-state index is 13.8. The molecule has 10 heteroatoms. The van der Waals surface area contributed by atoms with Crippen LogP contribution >= 0.6 is 0 Å². The fourth-order valence-corrected chi connectivity index (χ4v) is 5.56. The summed E-state index contributed by atoms with van der Waals surface area (Å²) in [6.45, 7) is 5.77. The van der Waals surface area contributed by atoms with Crippen LogP contribution in [0.15, 0.2) is 30.3 Å². The highest BCUT2D eigenvalue weighted by atomic mass is 32.2. The van der Waals surface area contributed by atoms with E-state index in [4.69, 9.17) is 10.1 Å². The number of halogens is 1. The molecule has 2 atom stereocenters. The second-order valence-electron chi connectivity index (χ2n) is 9.24. The smallest absolute Gasteiger partial charge is 0.305 e. The Bertz CT molecular complexity index is 1230. The minimum absolute atomic E-state index is 0.0659. The second-order valence-corrected chi connectivity index (χ2v) is 11.4. The summed E-state index contributed by atoms with van der Waals surface area (Å²) in [4.78, 5) is 15.6. The summed E-state index contributed by atoms with van der Waals surface area (Å²) >= 11 is 0. The number of aliphatic hydroxyl groups is 2. The van der Waals surface area contributed by atoms with Crippen molar-refractivity contribution in [3.8, 4) is 11.1 Å². The molecule has 1 aliphatic rings. The van der Waals surface area contributed by atoms with Gasteiger partial charge in [-0.25, -0.2) is 17.8 Å². The minimum atomic E-state index is -3.57. The van der Waals surface area contributed by atoms with Crippen molar-refractivity contribution in [1.29, 1.82) is 0 Å². The first-order valence-corrected chi connectivity index (χ1v) is 13.6. The van der Waals surface area contributed by atoms with Crippen molar-refractivity contribution in [2.45, 2.75) is 64.6 Å². The zero-order chi connectivity index (χ0) is 26.6. The van der Waals surface area contributed by atoms with Crippen LogP contribution in [0.5, 0.6) is 0 Å². The van der Waals surface area contributed by atoms with Gasteiger partial charge in [0.15, 0.2) is 0 Å². The van der Waals surface area contributed by atoms with Crippen LogP contribution < -0.4 is 4.31 Å². The number of anilines is 1. The molecule has 3 rings (SSSR count). The fraction of sp³-hybridized carbons (Fsp3) is 0.462. The standard InChI is InChI=1S/C26H33FN2O6S/c1-4-36(34,35)29-13-5-6-22-24(17-7-9-18(27)10-8-17)21(25(16(2)3)28-26(22)29)12-11-19(30)14-20(31)15-23(32)33/h7-12,16,19-20,30-31H,4-6,13-15H2,1-3H3,(H,32,33)/b12-11+/t19-,20-/m1/s1. The summed E-state index contributed by atoms with van der Waals surface area (Å²) in [6, 6.07) is 5.94. The van der Waals surface area contributed by atoms with Gasteiger partial charge in [-0.15, -0.1) is 0 Å². The van der Waals surface area contributed by atoms with Crippen molar-refractivity contribution in [2.24, 2.45) is 0 Å². The summed E-state index contributed by atoms with van der Waals surface area (Å²) < 4.78 is 40.9. The van der Waals surface area contributed by atoms with Crippen molar-refractivity contribution in [3.05, 3.63) is 53.0 Å². The van der Waals surface area contributed by atoms with Crippen LogP contribution in [0.3, 0.4) is 0 Å². The van der Waals surface area contributed by atoms with Gasteiger partial charge in [0.25, 0.3) is 0 Å². The molecule has 0 spiro atoms. The number of pyridine rings is 1. The first-order valence-electron chi connectivity index (χ1n) is 12.0. The molecule has 2 heterocycles. The van der Waals surface area contributed by atoms with E-state index in [2.05, 4.69) is 0 Å². The van der Waals surface area contributed by atoms with Crippen molar-refractivity contribution in [1.82, 2.24) is 4.98 Å². The quantitative estimate of drug-likeness (QED) is 0.436. The molecule has 1 aromatic carbocycles. The molecule has 36 heavy (non-hydrogen) atoms. The third kappa shape index (κ3) is 6.29. The topological polar surface area (TPSA) is 128 Å². The molecule has 8 nitrogen and oxygen atoms in total. The third-order valence-corrected chi connectivity index (χ3v) is 7.91. The van der Waals surface area contributed by atoms with Crippen LogP contribution in [0.1, 0.15) is 62.8 Å². The van der Waals surface area contributed by atoms with E-state index in [9.17, 15) is 27.8 Å². The Labute approximate surface area is 211 Å². The molecule has 0 unspecified atom stereocenters. The summed E-state index contributed by atoms with van der Waals surface area (Å²) in [5.74, 6) is -1.37. The van der Waals surface area contributed by atoms with Gasteiger partial charge in [-0.05, 0) is 48.9 Å². The lowest BCUT2D eigenvalue weighted by molar-refractivity contribution is -0.139.